The number of hydrogen-bond donors (Lipinski definition) is 0. The summed E-state index contributed by atoms with van der Waals surface area (Å²) < 4.78 is 24.9. The highest BCUT2D eigenvalue weighted by Gasteiger charge is 2.14. The molecule has 0 aliphatic heterocycles. The van der Waals surface area contributed by atoms with E-state index in [0.717, 1.165) is 25.7 Å². The Morgan fingerprint density at radius 1 is 1.00 bits per heavy atom. The maximum absolute atomic E-state index is 11.7. The summed E-state index contributed by atoms with van der Waals surface area (Å²) in [6.07, 6.45) is 6.46. The minimum atomic E-state index is -2.85. The fourth-order valence-electron chi connectivity index (χ4n) is 2.87. The number of hydrogen-bond acceptors (Lipinski definition) is 3. The minimum Gasteiger partial charge on any atom is -0.229 e. The molecule has 1 aromatic carbocycles. The first-order chi connectivity index (χ1) is 10.9. The van der Waals surface area contributed by atoms with Crippen molar-refractivity contribution < 1.29 is 8.42 Å². The van der Waals surface area contributed by atoms with Crippen LogP contribution in [0.15, 0.2) is 23.6 Å². The van der Waals surface area contributed by atoms with Gasteiger partial charge in [-0.2, -0.15) is 0 Å². The molecule has 23 heavy (non-hydrogen) atoms. The molecule has 0 amide bonds. The van der Waals surface area contributed by atoms with Gasteiger partial charge in [0.25, 0.3) is 0 Å². The number of fused-ring (bicyclic) bond motifs is 1. The summed E-state index contributed by atoms with van der Waals surface area (Å²) in [5, 5.41) is 3.27. The highest BCUT2D eigenvalue weighted by Crippen LogP contribution is 2.27. The van der Waals surface area contributed by atoms with Crippen LogP contribution < -0.4 is 0 Å². The van der Waals surface area contributed by atoms with Crippen LogP contribution in [-0.4, -0.2) is 19.4 Å². The van der Waals surface area contributed by atoms with Crippen molar-refractivity contribution in [1.29, 1.82) is 0 Å². The van der Waals surface area contributed by atoms with Gasteiger partial charge in [0.2, 0.25) is 0 Å². The Labute approximate surface area is 144 Å². The molecule has 2 aromatic rings. The van der Waals surface area contributed by atoms with Crippen molar-refractivity contribution >= 4 is 31.3 Å². The highest BCUT2D eigenvalue weighted by atomic mass is 32.2. The van der Waals surface area contributed by atoms with Crippen LogP contribution in [0.5, 0.6) is 0 Å². The van der Waals surface area contributed by atoms with E-state index < -0.39 is 9.84 Å². The largest absolute Gasteiger partial charge is 0.229 e. The molecule has 4 heteroatoms. The van der Waals surface area contributed by atoms with Gasteiger partial charge in [0.15, 0.2) is 9.84 Å². The molecular formula is C19H28O2S2. The average Bonchev–Trinajstić information content (AvgIpc) is 2.97. The van der Waals surface area contributed by atoms with E-state index in [-0.39, 0.29) is 5.25 Å². The van der Waals surface area contributed by atoms with Crippen LogP contribution in [0.2, 0.25) is 0 Å². The Morgan fingerprint density at radius 3 is 2.43 bits per heavy atom. The van der Waals surface area contributed by atoms with E-state index in [1.54, 1.807) is 13.8 Å². The number of thiophene rings is 1. The fourth-order valence-corrected chi connectivity index (χ4v) is 4.88. The topological polar surface area (TPSA) is 34.1 Å². The quantitative estimate of drug-likeness (QED) is 0.556. The van der Waals surface area contributed by atoms with Crippen LogP contribution in [-0.2, 0) is 16.3 Å². The summed E-state index contributed by atoms with van der Waals surface area (Å²) in [5.74, 6) is 0.346. The van der Waals surface area contributed by atoms with Gasteiger partial charge in [-0.3, -0.25) is 0 Å². The van der Waals surface area contributed by atoms with Crippen LogP contribution in [0.3, 0.4) is 0 Å². The number of benzene rings is 1. The van der Waals surface area contributed by atoms with Crippen molar-refractivity contribution in [2.45, 2.75) is 64.5 Å². The molecule has 0 saturated carbocycles. The summed E-state index contributed by atoms with van der Waals surface area (Å²) in [6, 6.07) is 6.67. The second kappa shape index (κ2) is 8.29. The Balaban J connectivity index is 1.68. The van der Waals surface area contributed by atoms with E-state index >= 15 is 0 Å². The third kappa shape index (κ3) is 5.05. The first kappa shape index (κ1) is 18.5. The van der Waals surface area contributed by atoms with Crippen LogP contribution >= 0.6 is 11.3 Å². The molecule has 0 saturated heterocycles. The zero-order chi connectivity index (χ0) is 16.9. The highest BCUT2D eigenvalue weighted by molar-refractivity contribution is 7.91. The molecule has 0 N–H and O–H groups in total. The van der Waals surface area contributed by atoms with Gasteiger partial charge in [-0.25, -0.2) is 8.42 Å². The minimum absolute atomic E-state index is 0.238. The van der Waals surface area contributed by atoms with Crippen LogP contribution in [0.4, 0.5) is 0 Å². The van der Waals surface area contributed by atoms with E-state index in [9.17, 15) is 8.42 Å². The normalized spacial score (nSPS) is 12.3. The molecular weight excluding hydrogens is 324 g/mol. The van der Waals surface area contributed by atoms with Gasteiger partial charge in [-0.1, -0.05) is 31.4 Å². The van der Waals surface area contributed by atoms with E-state index in [1.165, 1.54) is 34.1 Å². The second-order valence-electron chi connectivity index (χ2n) is 6.62. The van der Waals surface area contributed by atoms with Gasteiger partial charge in [0.1, 0.15) is 0 Å². The molecule has 0 atom stereocenters. The fraction of sp³-hybridized carbons (Fsp3) is 0.579. The summed E-state index contributed by atoms with van der Waals surface area (Å²) >= 11 is 1.83. The molecule has 1 aromatic heterocycles. The molecule has 2 rings (SSSR count). The monoisotopic (exact) mass is 352 g/mol. The summed E-state index contributed by atoms with van der Waals surface area (Å²) in [5.41, 5.74) is 2.89. The molecule has 2 nitrogen and oxygen atoms in total. The summed E-state index contributed by atoms with van der Waals surface area (Å²) in [7, 11) is -2.85. The standard InChI is InChI=1S/C19H28O2S2/c1-15(2)23(20,21)14-8-6-4-5-7-9-17-10-11-18-12-13-22-19(18)16(17)3/h10-13,15H,4-9,14H2,1-3H3. The average molecular weight is 353 g/mol. The molecule has 0 fully saturated rings. The van der Waals surface area contributed by atoms with E-state index in [2.05, 4.69) is 30.5 Å². The van der Waals surface area contributed by atoms with Crippen LogP contribution in [0.1, 0.15) is 57.1 Å². The molecule has 0 aliphatic carbocycles. The number of rotatable bonds is 9. The van der Waals surface area contributed by atoms with Crippen molar-refractivity contribution in [3.8, 4) is 0 Å². The molecule has 0 aliphatic rings. The second-order valence-corrected chi connectivity index (χ2v) is 10.2. The third-order valence-corrected chi connectivity index (χ3v) is 7.92. The molecule has 0 spiro atoms. The van der Waals surface area contributed by atoms with Gasteiger partial charge in [0.05, 0.1) is 11.0 Å². The Bertz CT molecular complexity index is 727. The maximum Gasteiger partial charge on any atom is 0.152 e. The Hall–Kier alpha value is -0.870. The van der Waals surface area contributed by atoms with Crippen molar-refractivity contribution in [3.63, 3.8) is 0 Å². The van der Waals surface area contributed by atoms with Gasteiger partial charge in [-0.05, 0) is 68.0 Å². The molecule has 0 unspecified atom stereocenters. The van der Waals surface area contributed by atoms with E-state index in [0.29, 0.717) is 5.75 Å². The predicted molar refractivity (Wildman–Crippen MR) is 102 cm³/mol. The van der Waals surface area contributed by atoms with Gasteiger partial charge < -0.3 is 0 Å². The van der Waals surface area contributed by atoms with Crippen LogP contribution in [0.25, 0.3) is 10.1 Å². The number of aryl methyl sites for hydroxylation is 2. The van der Waals surface area contributed by atoms with Crippen molar-refractivity contribution in [2.24, 2.45) is 0 Å². The first-order valence-corrected chi connectivity index (χ1v) is 11.2. The smallest absolute Gasteiger partial charge is 0.152 e. The SMILES string of the molecule is Cc1c(CCCCCCCS(=O)(=O)C(C)C)ccc2ccsc12. The number of sulfone groups is 1. The lowest BCUT2D eigenvalue weighted by Gasteiger charge is -2.08. The molecule has 0 bridgehead atoms. The summed E-state index contributed by atoms with van der Waals surface area (Å²) in [4.78, 5) is 0. The maximum atomic E-state index is 11.7. The lowest BCUT2D eigenvalue weighted by atomic mass is 10.0. The predicted octanol–water partition coefficient (Wildman–Crippen LogP) is 5.53. The van der Waals surface area contributed by atoms with Gasteiger partial charge in [0, 0.05) is 4.70 Å². The van der Waals surface area contributed by atoms with Crippen LogP contribution in [0, 0.1) is 6.92 Å². The lowest BCUT2D eigenvalue weighted by Crippen LogP contribution is -2.17. The van der Waals surface area contributed by atoms with Gasteiger partial charge in [-0.15, -0.1) is 11.3 Å². The Kier molecular flexibility index (Phi) is 6.66. The van der Waals surface area contributed by atoms with E-state index in [1.807, 2.05) is 11.3 Å². The van der Waals surface area contributed by atoms with E-state index in [4.69, 9.17) is 0 Å². The Morgan fingerprint density at radius 2 is 1.70 bits per heavy atom. The molecule has 128 valence electrons. The van der Waals surface area contributed by atoms with Crippen molar-refractivity contribution in [2.75, 3.05) is 5.75 Å². The first-order valence-electron chi connectivity index (χ1n) is 8.59. The zero-order valence-electron chi connectivity index (χ0n) is 14.5. The lowest BCUT2D eigenvalue weighted by molar-refractivity contribution is 0.577. The molecule has 0 radical (unpaired) electrons. The summed E-state index contributed by atoms with van der Waals surface area (Å²) in [6.45, 7) is 5.76. The third-order valence-electron chi connectivity index (χ3n) is 4.58. The zero-order valence-corrected chi connectivity index (χ0v) is 16.1. The van der Waals surface area contributed by atoms with Gasteiger partial charge >= 0.3 is 0 Å². The number of unbranched alkanes of at least 4 members (excludes halogenated alkanes) is 4. The van der Waals surface area contributed by atoms with Crippen molar-refractivity contribution in [3.05, 3.63) is 34.7 Å². The van der Waals surface area contributed by atoms with Crippen molar-refractivity contribution in [1.82, 2.24) is 0 Å². The molecule has 1 heterocycles.